The number of aromatic nitrogens is 2. The molecule has 0 aliphatic heterocycles. The highest BCUT2D eigenvalue weighted by Gasteiger charge is 2.16. The SMILES string of the molecule is CN(Cc1ccccc1CN)C(=O)c1ccnn1C. The summed E-state index contributed by atoms with van der Waals surface area (Å²) in [4.78, 5) is 13.9. The third kappa shape index (κ3) is 2.82. The van der Waals surface area contributed by atoms with Gasteiger partial charge in [-0.2, -0.15) is 5.10 Å². The zero-order chi connectivity index (χ0) is 13.8. The molecule has 100 valence electrons. The molecule has 0 spiro atoms. The number of amides is 1. The predicted molar refractivity (Wildman–Crippen MR) is 73.3 cm³/mol. The molecule has 0 aliphatic carbocycles. The van der Waals surface area contributed by atoms with Crippen molar-refractivity contribution in [3.8, 4) is 0 Å². The Morgan fingerprint density at radius 1 is 1.32 bits per heavy atom. The minimum Gasteiger partial charge on any atom is -0.336 e. The lowest BCUT2D eigenvalue weighted by Crippen LogP contribution is -2.28. The summed E-state index contributed by atoms with van der Waals surface area (Å²) in [5.74, 6) is -0.0492. The van der Waals surface area contributed by atoms with E-state index in [0.29, 0.717) is 18.8 Å². The Morgan fingerprint density at radius 2 is 2.00 bits per heavy atom. The molecule has 5 nitrogen and oxygen atoms in total. The maximum atomic E-state index is 12.3. The van der Waals surface area contributed by atoms with Crippen molar-refractivity contribution in [3.05, 3.63) is 53.3 Å². The van der Waals surface area contributed by atoms with Gasteiger partial charge >= 0.3 is 0 Å². The zero-order valence-corrected chi connectivity index (χ0v) is 11.2. The molecule has 1 heterocycles. The van der Waals surface area contributed by atoms with Crippen molar-refractivity contribution < 1.29 is 4.79 Å². The highest BCUT2D eigenvalue weighted by atomic mass is 16.2. The first kappa shape index (κ1) is 13.3. The van der Waals surface area contributed by atoms with Crippen molar-refractivity contribution in [2.24, 2.45) is 12.8 Å². The van der Waals surface area contributed by atoms with E-state index in [-0.39, 0.29) is 5.91 Å². The van der Waals surface area contributed by atoms with Gasteiger partial charge in [-0.05, 0) is 17.2 Å². The molecule has 1 aromatic heterocycles. The number of carbonyl (C=O) groups excluding carboxylic acids is 1. The molecule has 2 aromatic rings. The Balaban J connectivity index is 2.15. The fourth-order valence-corrected chi connectivity index (χ4v) is 2.02. The molecule has 0 aliphatic rings. The van der Waals surface area contributed by atoms with Crippen LogP contribution in [-0.4, -0.2) is 27.6 Å². The van der Waals surface area contributed by atoms with Crippen LogP contribution in [0.15, 0.2) is 36.5 Å². The van der Waals surface area contributed by atoms with E-state index in [0.717, 1.165) is 11.1 Å². The van der Waals surface area contributed by atoms with Crippen molar-refractivity contribution >= 4 is 5.91 Å². The van der Waals surface area contributed by atoms with E-state index in [4.69, 9.17) is 5.73 Å². The summed E-state index contributed by atoms with van der Waals surface area (Å²) < 4.78 is 1.58. The molecular weight excluding hydrogens is 240 g/mol. The summed E-state index contributed by atoms with van der Waals surface area (Å²) in [6.45, 7) is 1.02. The maximum absolute atomic E-state index is 12.3. The molecule has 0 radical (unpaired) electrons. The van der Waals surface area contributed by atoms with Gasteiger partial charge in [0.2, 0.25) is 0 Å². The molecule has 0 unspecified atom stereocenters. The van der Waals surface area contributed by atoms with Crippen molar-refractivity contribution in [1.29, 1.82) is 0 Å². The Labute approximate surface area is 112 Å². The molecule has 2 N–H and O–H groups in total. The first-order chi connectivity index (χ1) is 9.13. The minimum atomic E-state index is -0.0492. The lowest BCUT2D eigenvalue weighted by molar-refractivity contribution is 0.0774. The number of carbonyl (C=O) groups is 1. The summed E-state index contributed by atoms with van der Waals surface area (Å²) in [6, 6.07) is 9.60. The average molecular weight is 258 g/mol. The van der Waals surface area contributed by atoms with Gasteiger partial charge in [-0.1, -0.05) is 24.3 Å². The molecule has 0 saturated carbocycles. The third-order valence-corrected chi connectivity index (χ3v) is 3.13. The second-order valence-corrected chi connectivity index (χ2v) is 4.47. The van der Waals surface area contributed by atoms with Crippen LogP contribution in [0.1, 0.15) is 21.6 Å². The Hall–Kier alpha value is -2.14. The van der Waals surface area contributed by atoms with E-state index in [1.165, 1.54) is 0 Å². The van der Waals surface area contributed by atoms with Crippen LogP contribution in [0.25, 0.3) is 0 Å². The molecule has 0 fully saturated rings. The summed E-state index contributed by atoms with van der Waals surface area (Å²) in [5.41, 5.74) is 8.41. The Morgan fingerprint density at radius 3 is 2.58 bits per heavy atom. The number of hydrogen-bond donors (Lipinski definition) is 1. The van der Waals surface area contributed by atoms with Crippen LogP contribution in [0.5, 0.6) is 0 Å². The van der Waals surface area contributed by atoms with E-state index >= 15 is 0 Å². The van der Waals surface area contributed by atoms with E-state index in [1.54, 1.807) is 35.9 Å². The standard InChI is InChI=1S/C14H18N4O/c1-17(14(19)13-7-8-16-18(13)2)10-12-6-4-3-5-11(12)9-15/h3-8H,9-10,15H2,1-2H3. The lowest BCUT2D eigenvalue weighted by Gasteiger charge is -2.19. The van der Waals surface area contributed by atoms with Gasteiger partial charge in [-0.3, -0.25) is 9.48 Å². The average Bonchev–Trinajstić information content (AvgIpc) is 2.84. The number of hydrogen-bond acceptors (Lipinski definition) is 3. The number of rotatable bonds is 4. The van der Waals surface area contributed by atoms with Gasteiger partial charge in [0, 0.05) is 33.4 Å². The molecule has 0 bridgehead atoms. The van der Waals surface area contributed by atoms with Crippen molar-refractivity contribution in [1.82, 2.24) is 14.7 Å². The largest absolute Gasteiger partial charge is 0.336 e. The van der Waals surface area contributed by atoms with Crippen molar-refractivity contribution in [2.45, 2.75) is 13.1 Å². The second kappa shape index (κ2) is 5.67. The summed E-state index contributed by atoms with van der Waals surface area (Å²) in [6.07, 6.45) is 1.62. The van der Waals surface area contributed by atoms with Crippen LogP contribution in [0, 0.1) is 0 Å². The third-order valence-electron chi connectivity index (χ3n) is 3.13. The highest BCUT2D eigenvalue weighted by Crippen LogP contribution is 2.12. The molecule has 1 amide bonds. The van der Waals surface area contributed by atoms with Crippen LogP contribution in [0.3, 0.4) is 0 Å². The maximum Gasteiger partial charge on any atom is 0.272 e. The molecular formula is C14H18N4O. The van der Waals surface area contributed by atoms with Crippen LogP contribution >= 0.6 is 0 Å². The van der Waals surface area contributed by atoms with E-state index in [1.807, 2.05) is 24.3 Å². The molecule has 19 heavy (non-hydrogen) atoms. The predicted octanol–water partition coefficient (Wildman–Crippen LogP) is 1.15. The molecule has 5 heteroatoms. The monoisotopic (exact) mass is 258 g/mol. The van der Waals surface area contributed by atoms with Gasteiger partial charge in [-0.15, -0.1) is 0 Å². The normalized spacial score (nSPS) is 10.5. The van der Waals surface area contributed by atoms with E-state index in [2.05, 4.69) is 5.10 Å². The van der Waals surface area contributed by atoms with E-state index < -0.39 is 0 Å². The number of nitrogens with two attached hydrogens (primary N) is 1. The van der Waals surface area contributed by atoms with Gasteiger partial charge in [0.05, 0.1) is 0 Å². The van der Waals surface area contributed by atoms with Crippen LogP contribution < -0.4 is 5.73 Å². The highest BCUT2D eigenvalue weighted by molar-refractivity contribution is 5.92. The Bertz CT molecular complexity index is 576. The van der Waals surface area contributed by atoms with E-state index in [9.17, 15) is 4.79 Å². The van der Waals surface area contributed by atoms with Gasteiger partial charge in [0.25, 0.3) is 5.91 Å². The molecule has 1 aromatic carbocycles. The van der Waals surface area contributed by atoms with Gasteiger partial charge < -0.3 is 10.6 Å². The molecule has 0 saturated heterocycles. The fraction of sp³-hybridized carbons (Fsp3) is 0.286. The summed E-state index contributed by atoms with van der Waals surface area (Å²) in [5, 5.41) is 4.01. The van der Waals surface area contributed by atoms with Crippen LogP contribution in [0.4, 0.5) is 0 Å². The smallest absolute Gasteiger partial charge is 0.272 e. The number of nitrogens with zero attached hydrogens (tertiary/aromatic N) is 3. The topological polar surface area (TPSA) is 64.2 Å². The first-order valence-corrected chi connectivity index (χ1v) is 6.13. The number of benzene rings is 1. The lowest BCUT2D eigenvalue weighted by atomic mass is 10.1. The number of aryl methyl sites for hydroxylation is 1. The van der Waals surface area contributed by atoms with Gasteiger partial charge in [-0.25, -0.2) is 0 Å². The summed E-state index contributed by atoms with van der Waals surface area (Å²) >= 11 is 0. The van der Waals surface area contributed by atoms with Crippen LogP contribution in [-0.2, 0) is 20.1 Å². The van der Waals surface area contributed by atoms with Gasteiger partial charge in [0.15, 0.2) is 0 Å². The van der Waals surface area contributed by atoms with Crippen molar-refractivity contribution in [3.63, 3.8) is 0 Å². The summed E-state index contributed by atoms with van der Waals surface area (Å²) in [7, 11) is 3.54. The molecule has 0 atom stereocenters. The van der Waals surface area contributed by atoms with Crippen molar-refractivity contribution in [2.75, 3.05) is 7.05 Å². The van der Waals surface area contributed by atoms with Gasteiger partial charge in [0.1, 0.15) is 5.69 Å². The quantitative estimate of drug-likeness (QED) is 0.894. The Kier molecular flexibility index (Phi) is 3.97. The second-order valence-electron chi connectivity index (χ2n) is 4.47. The zero-order valence-electron chi connectivity index (χ0n) is 11.2. The first-order valence-electron chi connectivity index (χ1n) is 6.13. The minimum absolute atomic E-state index is 0.0492. The van der Waals surface area contributed by atoms with Crippen LogP contribution in [0.2, 0.25) is 0 Å². The molecule has 2 rings (SSSR count). The fourth-order valence-electron chi connectivity index (χ4n) is 2.02.